The molecule has 1 fully saturated rings. The topological polar surface area (TPSA) is 86.7 Å². The molecule has 0 bridgehead atoms. The predicted molar refractivity (Wildman–Crippen MR) is 68.3 cm³/mol. The largest absolute Gasteiger partial charge is 0.481 e. The predicted octanol–water partition coefficient (Wildman–Crippen LogP) is 0.582. The van der Waals surface area contributed by atoms with E-state index in [9.17, 15) is 13.2 Å². The fourth-order valence-corrected chi connectivity index (χ4v) is 3.42. The number of hydrogen-bond acceptors (Lipinski definition) is 3. The van der Waals surface area contributed by atoms with Gasteiger partial charge in [0.15, 0.2) is 0 Å². The van der Waals surface area contributed by atoms with Gasteiger partial charge in [0.25, 0.3) is 10.2 Å². The first-order chi connectivity index (χ1) is 8.36. The SMILES string of the molecule is C=CCC(C)NS(=O)(=O)N1CCC(C(=O)O)CC1. The molecule has 0 saturated carbocycles. The van der Waals surface area contributed by atoms with Crippen molar-refractivity contribution in [3.63, 3.8) is 0 Å². The second kappa shape index (κ2) is 6.31. The van der Waals surface area contributed by atoms with Crippen LogP contribution in [-0.2, 0) is 15.0 Å². The molecule has 1 atom stereocenters. The van der Waals surface area contributed by atoms with E-state index in [1.54, 1.807) is 13.0 Å². The van der Waals surface area contributed by atoms with Crippen molar-refractivity contribution in [1.29, 1.82) is 0 Å². The Morgan fingerprint density at radius 3 is 2.56 bits per heavy atom. The van der Waals surface area contributed by atoms with Gasteiger partial charge in [0.1, 0.15) is 0 Å². The van der Waals surface area contributed by atoms with Crippen LogP contribution in [0.25, 0.3) is 0 Å². The maximum absolute atomic E-state index is 12.0. The van der Waals surface area contributed by atoms with E-state index >= 15 is 0 Å². The third-order valence-electron chi connectivity index (χ3n) is 3.01. The highest BCUT2D eigenvalue weighted by Crippen LogP contribution is 2.19. The molecule has 1 rings (SSSR count). The zero-order chi connectivity index (χ0) is 13.8. The third kappa shape index (κ3) is 4.08. The van der Waals surface area contributed by atoms with Crippen LogP contribution >= 0.6 is 0 Å². The van der Waals surface area contributed by atoms with Crippen molar-refractivity contribution in [2.75, 3.05) is 13.1 Å². The van der Waals surface area contributed by atoms with E-state index in [0.717, 1.165) is 0 Å². The Morgan fingerprint density at radius 1 is 1.56 bits per heavy atom. The van der Waals surface area contributed by atoms with Gasteiger partial charge in [-0.05, 0) is 26.2 Å². The number of carbonyl (C=O) groups is 1. The molecular formula is C11H20N2O4S. The summed E-state index contributed by atoms with van der Waals surface area (Å²) in [6.45, 7) is 5.84. The lowest BCUT2D eigenvalue weighted by Gasteiger charge is -2.30. The van der Waals surface area contributed by atoms with Crippen LogP contribution in [0.5, 0.6) is 0 Å². The summed E-state index contributed by atoms with van der Waals surface area (Å²) in [7, 11) is -3.51. The van der Waals surface area contributed by atoms with Crippen LogP contribution in [0.1, 0.15) is 26.2 Å². The van der Waals surface area contributed by atoms with Gasteiger partial charge in [0, 0.05) is 19.1 Å². The van der Waals surface area contributed by atoms with Gasteiger partial charge in [0.2, 0.25) is 0 Å². The number of hydrogen-bond donors (Lipinski definition) is 2. The molecule has 18 heavy (non-hydrogen) atoms. The minimum atomic E-state index is -3.51. The fraction of sp³-hybridized carbons (Fsp3) is 0.727. The zero-order valence-electron chi connectivity index (χ0n) is 10.5. The van der Waals surface area contributed by atoms with E-state index in [2.05, 4.69) is 11.3 Å². The minimum Gasteiger partial charge on any atom is -0.481 e. The lowest BCUT2D eigenvalue weighted by molar-refractivity contribution is -0.142. The number of aliphatic carboxylic acids is 1. The summed E-state index contributed by atoms with van der Waals surface area (Å²) in [5.74, 6) is -1.28. The third-order valence-corrected chi connectivity index (χ3v) is 4.76. The van der Waals surface area contributed by atoms with Crippen molar-refractivity contribution < 1.29 is 18.3 Å². The Hall–Kier alpha value is -0.920. The summed E-state index contributed by atoms with van der Waals surface area (Å²) in [6.07, 6.45) is 2.95. The van der Waals surface area contributed by atoms with Crippen molar-refractivity contribution in [1.82, 2.24) is 9.03 Å². The second-order valence-electron chi connectivity index (χ2n) is 4.56. The average molecular weight is 276 g/mol. The molecule has 7 heteroatoms. The highest BCUT2D eigenvalue weighted by Gasteiger charge is 2.31. The standard InChI is InChI=1S/C11H20N2O4S/c1-3-4-9(2)12-18(16,17)13-7-5-10(6-8-13)11(14)15/h3,9-10,12H,1,4-8H2,2H3,(H,14,15). The summed E-state index contributed by atoms with van der Waals surface area (Å²) < 4.78 is 27.8. The number of carboxylic acid groups (broad SMARTS) is 1. The van der Waals surface area contributed by atoms with Gasteiger partial charge in [0.05, 0.1) is 5.92 Å². The number of rotatable bonds is 6. The first-order valence-corrected chi connectivity index (χ1v) is 7.42. The van der Waals surface area contributed by atoms with Crippen molar-refractivity contribution in [3.8, 4) is 0 Å². The number of carboxylic acids is 1. The smallest absolute Gasteiger partial charge is 0.306 e. The molecule has 0 aliphatic carbocycles. The Balaban J connectivity index is 2.55. The van der Waals surface area contributed by atoms with Crippen LogP contribution < -0.4 is 4.72 Å². The van der Waals surface area contributed by atoms with Gasteiger partial charge >= 0.3 is 5.97 Å². The number of nitrogens with one attached hydrogen (secondary N) is 1. The van der Waals surface area contributed by atoms with E-state index in [-0.39, 0.29) is 19.1 Å². The molecule has 0 amide bonds. The molecule has 1 aliphatic rings. The molecule has 104 valence electrons. The zero-order valence-corrected chi connectivity index (χ0v) is 11.3. The van der Waals surface area contributed by atoms with E-state index < -0.39 is 22.1 Å². The van der Waals surface area contributed by atoms with Crippen molar-refractivity contribution in [2.24, 2.45) is 5.92 Å². The molecule has 1 aliphatic heterocycles. The minimum absolute atomic E-state index is 0.204. The molecule has 0 aromatic rings. The lowest BCUT2D eigenvalue weighted by atomic mass is 9.99. The summed E-state index contributed by atoms with van der Waals surface area (Å²) in [6, 6.07) is -0.204. The normalized spacial score (nSPS) is 20.5. The van der Waals surface area contributed by atoms with Gasteiger partial charge < -0.3 is 5.11 Å². The lowest BCUT2D eigenvalue weighted by Crippen LogP contribution is -2.48. The molecule has 0 spiro atoms. The van der Waals surface area contributed by atoms with Crippen LogP contribution in [-0.4, -0.2) is 42.9 Å². The van der Waals surface area contributed by atoms with Gasteiger partial charge in [-0.15, -0.1) is 6.58 Å². The van der Waals surface area contributed by atoms with E-state index in [1.165, 1.54) is 4.31 Å². The van der Waals surface area contributed by atoms with E-state index in [0.29, 0.717) is 19.3 Å². The molecule has 1 unspecified atom stereocenters. The van der Waals surface area contributed by atoms with Gasteiger partial charge in [-0.25, -0.2) is 0 Å². The summed E-state index contributed by atoms with van der Waals surface area (Å²) in [4.78, 5) is 10.8. The molecule has 2 N–H and O–H groups in total. The van der Waals surface area contributed by atoms with Gasteiger partial charge in [-0.3, -0.25) is 4.79 Å². The highest BCUT2D eigenvalue weighted by molar-refractivity contribution is 7.87. The maximum Gasteiger partial charge on any atom is 0.306 e. The Bertz CT molecular complexity index is 399. The average Bonchev–Trinajstić information content (AvgIpc) is 2.28. The van der Waals surface area contributed by atoms with Crippen molar-refractivity contribution >= 4 is 16.2 Å². The molecular weight excluding hydrogens is 256 g/mol. The number of piperidine rings is 1. The molecule has 0 aromatic carbocycles. The highest BCUT2D eigenvalue weighted by atomic mass is 32.2. The summed E-state index contributed by atoms with van der Waals surface area (Å²) >= 11 is 0. The molecule has 6 nitrogen and oxygen atoms in total. The Morgan fingerprint density at radius 2 is 2.11 bits per heavy atom. The molecule has 0 aromatic heterocycles. The molecule has 1 saturated heterocycles. The fourth-order valence-electron chi connectivity index (χ4n) is 1.97. The van der Waals surface area contributed by atoms with Crippen LogP contribution in [0.4, 0.5) is 0 Å². The summed E-state index contributed by atoms with van der Waals surface area (Å²) in [5.41, 5.74) is 0. The first kappa shape index (κ1) is 15.1. The summed E-state index contributed by atoms with van der Waals surface area (Å²) in [5, 5.41) is 8.85. The van der Waals surface area contributed by atoms with Gasteiger partial charge in [-0.1, -0.05) is 6.08 Å². The maximum atomic E-state index is 12.0. The second-order valence-corrected chi connectivity index (χ2v) is 6.26. The Labute approximate surface area is 108 Å². The van der Waals surface area contributed by atoms with Crippen molar-refractivity contribution in [2.45, 2.75) is 32.2 Å². The van der Waals surface area contributed by atoms with Crippen LogP contribution in [0.3, 0.4) is 0 Å². The Kier molecular flexibility index (Phi) is 5.30. The van der Waals surface area contributed by atoms with Gasteiger partial charge in [-0.2, -0.15) is 17.4 Å². The van der Waals surface area contributed by atoms with Crippen LogP contribution in [0, 0.1) is 5.92 Å². The monoisotopic (exact) mass is 276 g/mol. The van der Waals surface area contributed by atoms with Crippen molar-refractivity contribution in [3.05, 3.63) is 12.7 Å². The van der Waals surface area contributed by atoms with E-state index in [1.807, 2.05) is 0 Å². The van der Waals surface area contributed by atoms with Crippen LogP contribution in [0.2, 0.25) is 0 Å². The molecule has 0 radical (unpaired) electrons. The quantitative estimate of drug-likeness (QED) is 0.695. The molecule has 1 heterocycles. The van der Waals surface area contributed by atoms with E-state index in [4.69, 9.17) is 5.11 Å². The van der Waals surface area contributed by atoms with Crippen LogP contribution in [0.15, 0.2) is 12.7 Å². The number of nitrogens with zero attached hydrogens (tertiary/aromatic N) is 1. The first-order valence-electron chi connectivity index (χ1n) is 5.98.